The smallest absolute Gasteiger partial charge is 0.254 e. The molecule has 2 atom stereocenters. The quantitative estimate of drug-likeness (QED) is 0.594. The predicted molar refractivity (Wildman–Crippen MR) is 129 cm³/mol. The molecule has 0 N–H and O–H groups in total. The lowest BCUT2D eigenvalue weighted by Gasteiger charge is -2.36. The molecule has 2 aliphatic heterocycles. The lowest BCUT2D eigenvalue weighted by molar-refractivity contribution is -0.122. The number of benzene rings is 2. The van der Waals surface area contributed by atoms with Crippen molar-refractivity contribution in [3.8, 4) is 0 Å². The highest BCUT2D eigenvalue weighted by molar-refractivity contribution is 6.35. The number of rotatable bonds is 3. The molecule has 2 aromatic carbocycles. The highest BCUT2D eigenvalue weighted by Gasteiger charge is 2.48. The summed E-state index contributed by atoms with van der Waals surface area (Å²) in [6.45, 7) is 2.35. The first kappa shape index (κ1) is 22.2. The topological polar surface area (TPSA) is 60.9 Å². The van der Waals surface area contributed by atoms with Crippen molar-refractivity contribution < 1.29 is 14.4 Å². The fraction of sp³-hybridized carbons (Fsp3) is 0.400. The minimum absolute atomic E-state index is 0.106. The number of imide groups is 1. The standard InChI is InChI=1S/C25H25Cl2N3O3/c26-17-8-9-21(27)22(15-17)28-10-12-29(13-11-28)23(31)16-4-3-5-18(14-16)30-24(32)19-6-1-2-7-20(19)25(30)33/h3-5,8-9,14-15,19-20H,1-2,6-7,10-13H2. The van der Waals surface area contributed by atoms with E-state index in [2.05, 4.69) is 4.90 Å². The zero-order chi connectivity index (χ0) is 23.1. The van der Waals surface area contributed by atoms with Gasteiger partial charge in [-0.2, -0.15) is 0 Å². The van der Waals surface area contributed by atoms with Crippen LogP contribution in [0.2, 0.25) is 10.0 Å². The molecule has 3 fully saturated rings. The third-order valence-corrected chi connectivity index (χ3v) is 7.56. The summed E-state index contributed by atoms with van der Waals surface area (Å²) in [4.78, 5) is 44.3. The van der Waals surface area contributed by atoms with Gasteiger partial charge in [0.25, 0.3) is 5.91 Å². The second-order valence-corrected chi connectivity index (χ2v) is 9.78. The van der Waals surface area contributed by atoms with Gasteiger partial charge in [0.05, 0.1) is 28.2 Å². The number of hydrogen-bond acceptors (Lipinski definition) is 4. The summed E-state index contributed by atoms with van der Waals surface area (Å²) in [5.74, 6) is -0.776. The number of carbonyl (C=O) groups excluding carboxylic acids is 3. The molecule has 5 rings (SSSR count). The van der Waals surface area contributed by atoms with E-state index in [9.17, 15) is 14.4 Å². The van der Waals surface area contributed by atoms with E-state index in [1.807, 2.05) is 6.07 Å². The molecular formula is C25H25Cl2N3O3. The molecular weight excluding hydrogens is 461 g/mol. The van der Waals surface area contributed by atoms with E-state index in [-0.39, 0.29) is 29.6 Å². The van der Waals surface area contributed by atoms with Crippen LogP contribution in [0.25, 0.3) is 0 Å². The Labute approximate surface area is 203 Å². The molecule has 2 aromatic rings. The molecule has 2 heterocycles. The normalized spacial score (nSPS) is 23.2. The summed E-state index contributed by atoms with van der Waals surface area (Å²) in [6, 6.07) is 12.3. The summed E-state index contributed by atoms with van der Waals surface area (Å²) in [5, 5.41) is 1.25. The SMILES string of the molecule is O=C(c1cccc(N2C(=O)C3CCCCC3C2=O)c1)N1CCN(c2cc(Cl)ccc2Cl)CC1. The Morgan fingerprint density at radius 3 is 2.18 bits per heavy atom. The van der Waals surface area contributed by atoms with Gasteiger partial charge in [0.2, 0.25) is 11.8 Å². The Morgan fingerprint density at radius 2 is 1.52 bits per heavy atom. The van der Waals surface area contributed by atoms with Gasteiger partial charge in [-0.05, 0) is 49.2 Å². The van der Waals surface area contributed by atoms with Crippen LogP contribution in [0, 0.1) is 11.8 Å². The van der Waals surface area contributed by atoms with Crippen molar-refractivity contribution in [2.75, 3.05) is 36.0 Å². The predicted octanol–water partition coefficient (Wildman–Crippen LogP) is 4.64. The van der Waals surface area contributed by atoms with Gasteiger partial charge in [0.15, 0.2) is 0 Å². The second-order valence-electron chi connectivity index (χ2n) is 8.93. The average Bonchev–Trinajstić information content (AvgIpc) is 3.10. The highest BCUT2D eigenvalue weighted by Crippen LogP contribution is 2.40. The molecule has 2 saturated heterocycles. The van der Waals surface area contributed by atoms with Gasteiger partial charge in [0.1, 0.15) is 0 Å². The first-order valence-corrected chi connectivity index (χ1v) is 12.2. The van der Waals surface area contributed by atoms with Crippen molar-refractivity contribution in [1.29, 1.82) is 0 Å². The number of nitrogens with zero attached hydrogens (tertiary/aromatic N) is 3. The zero-order valence-electron chi connectivity index (χ0n) is 18.2. The zero-order valence-corrected chi connectivity index (χ0v) is 19.7. The van der Waals surface area contributed by atoms with Crippen LogP contribution < -0.4 is 9.80 Å². The summed E-state index contributed by atoms with van der Waals surface area (Å²) in [5.41, 5.74) is 1.84. The number of hydrogen-bond donors (Lipinski definition) is 0. The molecule has 8 heteroatoms. The first-order chi connectivity index (χ1) is 15.9. The summed E-state index contributed by atoms with van der Waals surface area (Å²) >= 11 is 12.5. The van der Waals surface area contributed by atoms with Crippen LogP contribution in [0.5, 0.6) is 0 Å². The van der Waals surface area contributed by atoms with Crippen molar-refractivity contribution in [3.05, 3.63) is 58.1 Å². The largest absolute Gasteiger partial charge is 0.367 e. The number of amides is 3. The molecule has 172 valence electrons. The van der Waals surface area contributed by atoms with Crippen LogP contribution in [-0.2, 0) is 9.59 Å². The van der Waals surface area contributed by atoms with Crippen LogP contribution in [0.3, 0.4) is 0 Å². The maximum atomic E-state index is 13.2. The minimum atomic E-state index is -0.211. The lowest BCUT2D eigenvalue weighted by Crippen LogP contribution is -2.49. The fourth-order valence-electron chi connectivity index (χ4n) is 5.26. The van der Waals surface area contributed by atoms with E-state index in [0.29, 0.717) is 47.5 Å². The Hall–Kier alpha value is -2.57. The number of halogens is 2. The summed E-state index contributed by atoms with van der Waals surface area (Å²) < 4.78 is 0. The van der Waals surface area contributed by atoms with E-state index < -0.39 is 0 Å². The van der Waals surface area contributed by atoms with Gasteiger partial charge in [0, 0.05) is 36.8 Å². The summed E-state index contributed by atoms with van der Waals surface area (Å²) in [7, 11) is 0. The molecule has 2 unspecified atom stereocenters. The van der Waals surface area contributed by atoms with Gasteiger partial charge in [-0.1, -0.05) is 42.1 Å². The van der Waals surface area contributed by atoms with E-state index in [0.717, 1.165) is 31.4 Å². The Morgan fingerprint density at radius 1 is 0.848 bits per heavy atom. The second kappa shape index (κ2) is 8.99. The van der Waals surface area contributed by atoms with Crippen LogP contribution >= 0.6 is 23.2 Å². The van der Waals surface area contributed by atoms with E-state index >= 15 is 0 Å². The summed E-state index contributed by atoms with van der Waals surface area (Å²) in [6.07, 6.45) is 3.51. The van der Waals surface area contributed by atoms with E-state index in [1.54, 1.807) is 41.3 Å². The Bertz CT molecular complexity index is 1090. The molecule has 3 amide bonds. The molecule has 33 heavy (non-hydrogen) atoms. The maximum Gasteiger partial charge on any atom is 0.254 e. The van der Waals surface area contributed by atoms with Crippen LogP contribution in [0.15, 0.2) is 42.5 Å². The molecule has 3 aliphatic rings. The fourth-order valence-corrected chi connectivity index (χ4v) is 5.66. The van der Waals surface area contributed by atoms with Crippen molar-refractivity contribution >= 4 is 52.3 Å². The van der Waals surface area contributed by atoms with Gasteiger partial charge in [-0.25, -0.2) is 0 Å². The molecule has 0 bridgehead atoms. The van der Waals surface area contributed by atoms with E-state index in [4.69, 9.17) is 23.2 Å². The third-order valence-electron chi connectivity index (χ3n) is 7.01. The Balaban J connectivity index is 1.30. The van der Waals surface area contributed by atoms with Crippen molar-refractivity contribution in [2.24, 2.45) is 11.8 Å². The van der Waals surface area contributed by atoms with Gasteiger partial charge >= 0.3 is 0 Å². The van der Waals surface area contributed by atoms with E-state index in [1.165, 1.54) is 4.90 Å². The number of carbonyl (C=O) groups is 3. The average molecular weight is 486 g/mol. The van der Waals surface area contributed by atoms with Crippen molar-refractivity contribution in [2.45, 2.75) is 25.7 Å². The lowest BCUT2D eigenvalue weighted by atomic mass is 9.81. The molecule has 6 nitrogen and oxygen atoms in total. The van der Waals surface area contributed by atoms with Crippen LogP contribution in [0.4, 0.5) is 11.4 Å². The first-order valence-electron chi connectivity index (χ1n) is 11.4. The molecule has 1 saturated carbocycles. The van der Waals surface area contributed by atoms with Crippen molar-refractivity contribution in [1.82, 2.24) is 4.90 Å². The highest BCUT2D eigenvalue weighted by atomic mass is 35.5. The minimum Gasteiger partial charge on any atom is -0.367 e. The number of fused-ring (bicyclic) bond motifs is 1. The van der Waals surface area contributed by atoms with Crippen LogP contribution in [0.1, 0.15) is 36.0 Å². The van der Waals surface area contributed by atoms with Gasteiger partial charge in [-0.15, -0.1) is 0 Å². The number of anilines is 2. The third kappa shape index (κ3) is 4.11. The van der Waals surface area contributed by atoms with Gasteiger partial charge in [-0.3, -0.25) is 19.3 Å². The molecule has 0 spiro atoms. The number of piperazine rings is 1. The molecule has 0 radical (unpaired) electrons. The van der Waals surface area contributed by atoms with Crippen LogP contribution in [-0.4, -0.2) is 48.8 Å². The van der Waals surface area contributed by atoms with Gasteiger partial charge < -0.3 is 9.80 Å². The Kier molecular flexibility index (Phi) is 6.06. The maximum absolute atomic E-state index is 13.2. The molecule has 0 aromatic heterocycles. The van der Waals surface area contributed by atoms with Crippen molar-refractivity contribution in [3.63, 3.8) is 0 Å². The monoisotopic (exact) mass is 485 g/mol. The molecule has 1 aliphatic carbocycles.